The zero-order valence-corrected chi connectivity index (χ0v) is 19.2. The molecule has 1 N–H and O–H groups in total. The Balaban J connectivity index is 1.32. The van der Waals surface area contributed by atoms with E-state index in [4.69, 9.17) is 4.74 Å². The molecular weight excluding hydrogens is 420 g/mol. The van der Waals surface area contributed by atoms with Gasteiger partial charge in [0.1, 0.15) is 0 Å². The van der Waals surface area contributed by atoms with E-state index in [1.807, 2.05) is 40.9 Å². The molecule has 1 amide bonds. The van der Waals surface area contributed by atoms with Gasteiger partial charge in [0, 0.05) is 56.1 Å². The molecule has 33 heavy (non-hydrogen) atoms. The molecule has 0 unspecified atom stereocenters. The maximum absolute atomic E-state index is 12.7. The summed E-state index contributed by atoms with van der Waals surface area (Å²) in [6.45, 7) is 5.63. The van der Waals surface area contributed by atoms with Gasteiger partial charge in [0.15, 0.2) is 0 Å². The molecule has 3 aromatic rings. The number of carbonyl (C=O) groups excluding carboxylic acids is 1. The molecule has 9 heteroatoms. The van der Waals surface area contributed by atoms with Crippen LogP contribution in [0.3, 0.4) is 0 Å². The Kier molecular flexibility index (Phi) is 7.19. The first kappa shape index (κ1) is 22.7. The maximum atomic E-state index is 12.7. The molecule has 1 aromatic carbocycles. The lowest BCUT2D eigenvalue weighted by Gasteiger charge is -2.27. The fraction of sp³-hybridized carbons (Fsp3) is 0.417. The SMILES string of the molecule is Cc1nc(N2CCOCC2)[nH]c(=O)c1CCC(=O)N(C)Cc1cnn(Cc2ccccc2)c1. The van der Waals surface area contributed by atoms with E-state index in [-0.39, 0.29) is 17.9 Å². The van der Waals surface area contributed by atoms with Crippen molar-refractivity contribution in [1.29, 1.82) is 0 Å². The molecule has 1 fully saturated rings. The standard InChI is InChI=1S/C24H30N6O3/c1-18-21(23(32)27-24(26-18)29-10-12-33-13-11-29)8-9-22(31)28(2)15-20-14-25-30(17-20)16-19-6-4-3-5-7-19/h3-7,14,17H,8-13,15-16H2,1-2H3,(H,26,27,32). The highest BCUT2D eigenvalue weighted by molar-refractivity contribution is 5.76. The van der Waals surface area contributed by atoms with Gasteiger partial charge in [0.25, 0.3) is 5.56 Å². The zero-order chi connectivity index (χ0) is 23.2. The lowest BCUT2D eigenvalue weighted by atomic mass is 10.1. The van der Waals surface area contributed by atoms with Gasteiger partial charge in [0.05, 0.1) is 26.0 Å². The summed E-state index contributed by atoms with van der Waals surface area (Å²) in [5.74, 6) is 0.544. The molecule has 1 aliphatic rings. The van der Waals surface area contributed by atoms with Crippen molar-refractivity contribution < 1.29 is 9.53 Å². The van der Waals surface area contributed by atoms with Crippen molar-refractivity contribution in [2.75, 3.05) is 38.3 Å². The number of H-pyrrole nitrogens is 1. The molecule has 174 valence electrons. The Morgan fingerprint density at radius 3 is 2.67 bits per heavy atom. The van der Waals surface area contributed by atoms with Crippen LogP contribution in [-0.2, 0) is 29.0 Å². The molecular formula is C24H30N6O3. The van der Waals surface area contributed by atoms with Crippen molar-refractivity contribution in [3.63, 3.8) is 0 Å². The molecule has 0 spiro atoms. The number of aryl methyl sites for hydroxylation is 1. The van der Waals surface area contributed by atoms with Crippen LogP contribution < -0.4 is 10.5 Å². The van der Waals surface area contributed by atoms with Crippen molar-refractivity contribution >= 4 is 11.9 Å². The number of rotatable bonds is 8. The van der Waals surface area contributed by atoms with Crippen molar-refractivity contribution in [3.8, 4) is 0 Å². The maximum Gasteiger partial charge on any atom is 0.255 e. The summed E-state index contributed by atoms with van der Waals surface area (Å²) in [7, 11) is 1.77. The van der Waals surface area contributed by atoms with Crippen LogP contribution in [0.2, 0.25) is 0 Å². The third-order valence-electron chi connectivity index (χ3n) is 5.83. The van der Waals surface area contributed by atoms with Gasteiger partial charge in [-0.15, -0.1) is 0 Å². The molecule has 2 aromatic heterocycles. The van der Waals surface area contributed by atoms with E-state index in [2.05, 4.69) is 27.2 Å². The number of aromatic nitrogens is 4. The monoisotopic (exact) mass is 450 g/mol. The van der Waals surface area contributed by atoms with Crippen LogP contribution in [0.5, 0.6) is 0 Å². The van der Waals surface area contributed by atoms with Crippen molar-refractivity contribution in [1.82, 2.24) is 24.6 Å². The van der Waals surface area contributed by atoms with Gasteiger partial charge >= 0.3 is 0 Å². The molecule has 1 aliphatic heterocycles. The average Bonchev–Trinajstić information content (AvgIpc) is 3.26. The molecule has 0 radical (unpaired) electrons. The van der Waals surface area contributed by atoms with E-state index in [1.165, 1.54) is 5.56 Å². The van der Waals surface area contributed by atoms with Gasteiger partial charge in [-0.05, 0) is 18.9 Å². The van der Waals surface area contributed by atoms with Crippen LogP contribution in [0, 0.1) is 6.92 Å². The Morgan fingerprint density at radius 1 is 1.18 bits per heavy atom. The Morgan fingerprint density at radius 2 is 1.94 bits per heavy atom. The normalized spacial score (nSPS) is 13.8. The number of benzene rings is 1. The van der Waals surface area contributed by atoms with Crippen molar-refractivity contribution in [2.45, 2.75) is 32.9 Å². The molecule has 4 rings (SSSR count). The zero-order valence-electron chi connectivity index (χ0n) is 19.2. The van der Waals surface area contributed by atoms with E-state index < -0.39 is 0 Å². The number of carbonyl (C=O) groups is 1. The van der Waals surface area contributed by atoms with Gasteiger partial charge in [-0.3, -0.25) is 19.3 Å². The Bertz CT molecular complexity index is 1130. The van der Waals surface area contributed by atoms with Gasteiger partial charge in [0.2, 0.25) is 11.9 Å². The summed E-state index contributed by atoms with van der Waals surface area (Å²) in [5, 5.41) is 4.40. The van der Waals surface area contributed by atoms with E-state index in [0.717, 1.165) is 5.56 Å². The Hall–Kier alpha value is -3.46. The fourth-order valence-electron chi connectivity index (χ4n) is 3.94. The molecule has 3 heterocycles. The first-order chi connectivity index (χ1) is 16.0. The largest absolute Gasteiger partial charge is 0.378 e. The predicted octanol–water partition coefficient (Wildman–Crippen LogP) is 1.75. The van der Waals surface area contributed by atoms with E-state index >= 15 is 0 Å². The second kappa shape index (κ2) is 10.4. The highest BCUT2D eigenvalue weighted by Gasteiger charge is 2.18. The number of morpholine rings is 1. The second-order valence-electron chi connectivity index (χ2n) is 8.33. The molecule has 0 bridgehead atoms. The number of amides is 1. The smallest absolute Gasteiger partial charge is 0.255 e. The highest BCUT2D eigenvalue weighted by atomic mass is 16.5. The molecule has 1 saturated heterocycles. The lowest BCUT2D eigenvalue weighted by molar-refractivity contribution is -0.130. The number of hydrogen-bond donors (Lipinski definition) is 1. The summed E-state index contributed by atoms with van der Waals surface area (Å²) in [5.41, 5.74) is 3.18. The summed E-state index contributed by atoms with van der Waals surface area (Å²) >= 11 is 0. The molecule has 0 atom stereocenters. The predicted molar refractivity (Wildman–Crippen MR) is 125 cm³/mol. The fourth-order valence-corrected chi connectivity index (χ4v) is 3.94. The van der Waals surface area contributed by atoms with Crippen LogP contribution in [-0.4, -0.2) is 63.9 Å². The number of ether oxygens (including phenoxy) is 1. The van der Waals surface area contributed by atoms with Crippen LogP contribution in [0.1, 0.15) is 28.8 Å². The summed E-state index contributed by atoms with van der Waals surface area (Å²) < 4.78 is 7.22. The number of nitrogens with one attached hydrogen (secondary N) is 1. The quantitative estimate of drug-likeness (QED) is 0.562. The van der Waals surface area contributed by atoms with Crippen LogP contribution in [0.15, 0.2) is 47.5 Å². The molecule has 9 nitrogen and oxygen atoms in total. The minimum Gasteiger partial charge on any atom is -0.378 e. The van der Waals surface area contributed by atoms with Gasteiger partial charge in [-0.25, -0.2) is 4.98 Å². The highest BCUT2D eigenvalue weighted by Crippen LogP contribution is 2.12. The molecule has 0 aliphatic carbocycles. The third kappa shape index (κ3) is 5.87. The van der Waals surface area contributed by atoms with Gasteiger partial charge < -0.3 is 14.5 Å². The van der Waals surface area contributed by atoms with Crippen molar-refractivity contribution in [3.05, 3.63) is 75.5 Å². The van der Waals surface area contributed by atoms with Crippen LogP contribution in [0.25, 0.3) is 0 Å². The minimum absolute atomic E-state index is 0.0261. The first-order valence-electron chi connectivity index (χ1n) is 11.2. The minimum atomic E-state index is -0.179. The van der Waals surface area contributed by atoms with Gasteiger partial charge in [-0.2, -0.15) is 5.10 Å². The number of hydrogen-bond acceptors (Lipinski definition) is 6. The summed E-state index contributed by atoms with van der Waals surface area (Å²) in [6.07, 6.45) is 4.35. The van der Waals surface area contributed by atoms with Crippen LogP contribution in [0.4, 0.5) is 5.95 Å². The van der Waals surface area contributed by atoms with Crippen LogP contribution >= 0.6 is 0 Å². The van der Waals surface area contributed by atoms with E-state index in [9.17, 15) is 9.59 Å². The van der Waals surface area contributed by atoms with E-state index in [0.29, 0.717) is 63.0 Å². The summed E-state index contributed by atoms with van der Waals surface area (Å²) in [6, 6.07) is 10.1. The molecule has 0 saturated carbocycles. The third-order valence-corrected chi connectivity index (χ3v) is 5.83. The lowest BCUT2D eigenvalue weighted by Crippen LogP contribution is -2.38. The van der Waals surface area contributed by atoms with Crippen molar-refractivity contribution in [2.24, 2.45) is 0 Å². The topological polar surface area (TPSA) is 96.3 Å². The second-order valence-corrected chi connectivity index (χ2v) is 8.33. The number of nitrogens with zero attached hydrogens (tertiary/aromatic N) is 5. The summed E-state index contributed by atoms with van der Waals surface area (Å²) in [4.78, 5) is 36.5. The van der Waals surface area contributed by atoms with Gasteiger partial charge in [-0.1, -0.05) is 30.3 Å². The number of anilines is 1. The average molecular weight is 451 g/mol. The first-order valence-corrected chi connectivity index (χ1v) is 11.2. The Labute approximate surface area is 193 Å². The van der Waals surface area contributed by atoms with E-state index in [1.54, 1.807) is 18.1 Å². The number of aromatic amines is 1.